The van der Waals surface area contributed by atoms with E-state index in [0.717, 1.165) is 0 Å². The van der Waals surface area contributed by atoms with Crippen LogP contribution in [0.1, 0.15) is 39.0 Å². The third-order valence-corrected chi connectivity index (χ3v) is 5.47. The van der Waals surface area contributed by atoms with Crippen molar-refractivity contribution in [3.8, 4) is 0 Å². The van der Waals surface area contributed by atoms with Gasteiger partial charge in [-0.05, 0) is 26.3 Å². The standard InChI is InChI=1S/C14H18N4O3S2/c1-6-9(12(20)21-5)7(2)16-10(6)11(19)8(3)22-14-18-17-13(15-4)23-14/h8,16H,1-5H3,(H,15,17). The number of aromatic amines is 1. The summed E-state index contributed by atoms with van der Waals surface area (Å²) in [6.07, 6.45) is 0. The van der Waals surface area contributed by atoms with Crippen molar-refractivity contribution < 1.29 is 14.3 Å². The lowest BCUT2D eigenvalue weighted by Gasteiger charge is -2.07. The maximum Gasteiger partial charge on any atom is 0.339 e. The number of carbonyl (C=O) groups excluding carboxylic acids is 2. The number of rotatable bonds is 6. The lowest BCUT2D eigenvalue weighted by Crippen LogP contribution is -2.15. The lowest BCUT2D eigenvalue weighted by molar-refractivity contribution is 0.0599. The number of ketones is 1. The Bertz CT molecular complexity index is 738. The summed E-state index contributed by atoms with van der Waals surface area (Å²) in [6.45, 7) is 5.29. The minimum absolute atomic E-state index is 0.0908. The van der Waals surface area contributed by atoms with Gasteiger partial charge in [0.05, 0.1) is 23.6 Å². The van der Waals surface area contributed by atoms with Gasteiger partial charge in [-0.25, -0.2) is 4.79 Å². The topological polar surface area (TPSA) is 97.0 Å². The minimum atomic E-state index is -0.446. The van der Waals surface area contributed by atoms with Crippen LogP contribution in [0.5, 0.6) is 0 Å². The van der Waals surface area contributed by atoms with Gasteiger partial charge in [0.15, 0.2) is 10.1 Å². The molecular weight excluding hydrogens is 336 g/mol. The molecule has 2 aromatic heterocycles. The van der Waals surface area contributed by atoms with Gasteiger partial charge in [0.25, 0.3) is 0 Å². The van der Waals surface area contributed by atoms with Crippen LogP contribution in [-0.4, -0.2) is 46.3 Å². The van der Waals surface area contributed by atoms with E-state index in [9.17, 15) is 9.59 Å². The number of thioether (sulfide) groups is 1. The van der Waals surface area contributed by atoms with Gasteiger partial charge in [0.1, 0.15) is 0 Å². The van der Waals surface area contributed by atoms with Crippen molar-refractivity contribution in [1.29, 1.82) is 0 Å². The number of aryl methyl sites for hydroxylation is 1. The summed E-state index contributed by atoms with van der Waals surface area (Å²) in [5.41, 5.74) is 2.09. The Morgan fingerprint density at radius 2 is 2.04 bits per heavy atom. The molecule has 1 atom stereocenters. The molecule has 124 valence electrons. The molecule has 2 heterocycles. The summed E-state index contributed by atoms with van der Waals surface area (Å²) >= 11 is 2.73. The summed E-state index contributed by atoms with van der Waals surface area (Å²) in [6, 6.07) is 0. The fraction of sp³-hybridized carbons (Fsp3) is 0.429. The van der Waals surface area contributed by atoms with E-state index in [0.29, 0.717) is 32.0 Å². The second-order valence-electron chi connectivity index (χ2n) is 4.86. The first-order valence-corrected chi connectivity index (χ1v) is 8.58. The molecule has 0 amide bonds. The van der Waals surface area contributed by atoms with Crippen molar-refractivity contribution >= 4 is 40.0 Å². The summed E-state index contributed by atoms with van der Waals surface area (Å²) in [7, 11) is 3.09. The molecule has 0 spiro atoms. The second kappa shape index (κ2) is 7.14. The fourth-order valence-corrected chi connectivity index (χ4v) is 4.08. The summed E-state index contributed by atoms with van der Waals surface area (Å²) < 4.78 is 5.48. The van der Waals surface area contributed by atoms with Crippen LogP contribution in [0.2, 0.25) is 0 Å². The van der Waals surface area contributed by atoms with E-state index in [1.165, 1.54) is 30.2 Å². The highest BCUT2D eigenvalue weighted by atomic mass is 32.2. The zero-order valence-corrected chi connectivity index (χ0v) is 15.1. The number of Topliss-reactive ketones (excluding diaryl/α,β-unsaturated/α-hetero) is 1. The highest BCUT2D eigenvalue weighted by molar-refractivity contribution is 8.02. The molecule has 2 rings (SSSR count). The average molecular weight is 354 g/mol. The number of carbonyl (C=O) groups is 2. The molecule has 0 radical (unpaired) electrons. The summed E-state index contributed by atoms with van der Waals surface area (Å²) in [4.78, 5) is 27.5. The van der Waals surface area contributed by atoms with Crippen LogP contribution < -0.4 is 5.32 Å². The van der Waals surface area contributed by atoms with Crippen LogP contribution in [0.15, 0.2) is 4.34 Å². The van der Waals surface area contributed by atoms with Crippen LogP contribution >= 0.6 is 23.1 Å². The number of nitrogens with zero attached hydrogens (tertiary/aromatic N) is 2. The number of nitrogens with one attached hydrogen (secondary N) is 2. The van der Waals surface area contributed by atoms with E-state index in [1.807, 2.05) is 0 Å². The normalized spacial score (nSPS) is 12.0. The van der Waals surface area contributed by atoms with Gasteiger partial charge in [-0.15, -0.1) is 10.2 Å². The van der Waals surface area contributed by atoms with Crippen LogP contribution in [-0.2, 0) is 4.74 Å². The van der Waals surface area contributed by atoms with E-state index in [4.69, 9.17) is 4.74 Å². The Kier molecular flexibility index (Phi) is 5.42. The molecular formula is C14H18N4O3S2. The molecule has 0 aliphatic rings. The van der Waals surface area contributed by atoms with Crippen molar-refractivity contribution in [2.24, 2.45) is 0 Å². The minimum Gasteiger partial charge on any atom is -0.465 e. The largest absolute Gasteiger partial charge is 0.465 e. The van der Waals surface area contributed by atoms with E-state index in [2.05, 4.69) is 20.5 Å². The van der Waals surface area contributed by atoms with Crippen molar-refractivity contribution in [2.75, 3.05) is 19.5 Å². The molecule has 0 aromatic carbocycles. The first-order valence-electron chi connectivity index (χ1n) is 6.88. The van der Waals surface area contributed by atoms with Gasteiger partial charge in [0, 0.05) is 12.7 Å². The molecule has 1 unspecified atom stereocenters. The molecule has 7 nitrogen and oxygen atoms in total. The van der Waals surface area contributed by atoms with Gasteiger partial charge in [0.2, 0.25) is 5.13 Å². The molecule has 0 aliphatic carbocycles. The molecule has 9 heteroatoms. The molecule has 0 aliphatic heterocycles. The lowest BCUT2D eigenvalue weighted by atomic mass is 10.1. The van der Waals surface area contributed by atoms with Gasteiger partial charge in [-0.3, -0.25) is 4.79 Å². The molecule has 0 bridgehead atoms. The number of methoxy groups -OCH3 is 1. The summed E-state index contributed by atoms with van der Waals surface area (Å²) in [5, 5.41) is 11.2. The third kappa shape index (κ3) is 3.56. The van der Waals surface area contributed by atoms with Crippen molar-refractivity contribution in [3.05, 3.63) is 22.5 Å². The number of aromatic nitrogens is 3. The number of esters is 1. The number of hydrogen-bond donors (Lipinski definition) is 2. The van der Waals surface area contributed by atoms with Crippen LogP contribution in [0, 0.1) is 13.8 Å². The fourth-order valence-electron chi connectivity index (χ4n) is 2.17. The first-order chi connectivity index (χ1) is 10.9. The van der Waals surface area contributed by atoms with E-state index in [1.54, 1.807) is 27.8 Å². The van der Waals surface area contributed by atoms with Gasteiger partial charge in [-0.2, -0.15) is 0 Å². The summed E-state index contributed by atoms with van der Waals surface area (Å²) in [5.74, 6) is -0.537. The van der Waals surface area contributed by atoms with E-state index in [-0.39, 0.29) is 11.0 Å². The van der Waals surface area contributed by atoms with Crippen molar-refractivity contribution in [2.45, 2.75) is 30.4 Å². The maximum absolute atomic E-state index is 12.7. The van der Waals surface area contributed by atoms with E-state index < -0.39 is 5.97 Å². The Balaban J connectivity index is 2.21. The van der Waals surface area contributed by atoms with Crippen LogP contribution in [0.4, 0.5) is 5.13 Å². The number of ether oxygens (including phenoxy) is 1. The average Bonchev–Trinajstić information content (AvgIpc) is 3.10. The van der Waals surface area contributed by atoms with E-state index >= 15 is 0 Å². The number of anilines is 1. The number of hydrogen-bond acceptors (Lipinski definition) is 8. The Labute approximate surface area is 142 Å². The number of H-pyrrole nitrogens is 1. The highest BCUT2D eigenvalue weighted by Gasteiger charge is 2.26. The zero-order valence-electron chi connectivity index (χ0n) is 13.5. The van der Waals surface area contributed by atoms with Crippen LogP contribution in [0.3, 0.4) is 0 Å². The third-order valence-electron chi connectivity index (χ3n) is 3.34. The Hall–Kier alpha value is -1.87. The van der Waals surface area contributed by atoms with Gasteiger partial charge in [-0.1, -0.05) is 23.1 Å². The van der Waals surface area contributed by atoms with Crippen molar-refractivity contribution in [1.82, 2.24) is 15.2 Å². The Morgan fingerprint density at radius 3 is 2.61 bits per heavy atom. The molecule has 23 heavy (non-hydrogen) atoms. The second-order valence-corrected chi connectivity index (χ2v) is 7.43. The molecule has 2 N–H and O–H groups in total. The SMILES string of the molecule is CNc1nnc(SC(C)C(=O)c2[nH]c(C)c(C(=O)OC)c2C)s1. The first kappa shape index (κ1) is 17.5. The Morgan fingerprint density at radius 1 is 1.35 bits per heavy atom. The zero-order chi connectivity index (χ0) is 17.1. The molecule has 0 saturated carbocycles. The van der Waals surface area contributed by atoms with Gasteiger partial charge < -0.3 is 15.0 Å². The molecule has 0 fully saturated rings. The monoisotopic (exact) mass is 354 g/mol. The quantitative estimate of drug-likeness (QED) is 0.467. The smallest absolute Gasteiger partial charge is 0.339 e. The van der Waals surface area contributed by atoms with Crippen molar-refractivity contribution in [3.63, 3.8) is 0 Å². The molecule has 2 aromatic rings. The predicted molar refractivity (Wildman–Crippen MR) is 90.7 cm³/mol. The predicted octanol–water partition coefficient (Wildman–Crippen LogP) is 2.67. The van der Waals surface area contributed by atoms with Gasteiger partial charge >= 0.3 is 5.97 Å². The highest BCUT2D eigenvalue weighted by Crippen LogP contribution is 2.31. The maximum atomic E-state index is 12.7. The molecule has 0 saturated heterocycles. The van der Waals surface area contributed by atoms with Crippen LogP contribution in [0.25, 0.3) is 0 Å².